The number of aryl methyl sites for hydroxylation is 2. The van der Waals surface area contributed by atoms with Gasteiger partial charge in [0.15, 0.2) is 0 Å². The summed E-state index contributed by atoms with van der Waals surface area (Å²) in [6, 6.07) is 6.34. The lowest BCUT2D eigenvalue weighted by atomic mass is 10.1. The number of ether oxygens (including phenoxy) is 12. The van der Waals surface area contributed by atoms with E-state index in [4.69, 9.17) is 61.3 Å². The summed E-state index contributed by atoms with van der Waals surface area (Å²) in [6.07, 6.45) is 11.9. The van der Waals surface area contributed by atoms with E-state index in [1.165, 1.54) is 0 Å². The van der Waals surface area contributed by atoms with E-state index < -0.39 is 15.1 Å². The van der Waals surface area contributed by atoms with Crippen LogP contribution < -0.4 is 21.3 Å². The van der Waals surface area contributed by atoms with Crippen LogP contribution in [-0.4, -0.2) is 287 Å². The topological polar surface area (TPSA) is 382 Å². The number of nitrogens with one attached hydrogen (secondary N) is 4. The molecule has 0 aliphatic heterocycles. The fraction of sp³-hybridized carbons (Fsp3) is 0.726. The Morgan fingerprint density at radius 2 is 0.771 bits per heavy atom. The lowest BCUT2D eigenvalue weighted by molar-refractivity contribution is -0.123. The van der Waals surface area contributed by atoms with Gasteiger partial charge in [-0.25, -0.2) is 17.8 Å². The highest BCUT2D eigenvalue weighted by atomic mass is 32.2. The Morgan fingerprint density at radius 3 is 1.11 bits per heavy atom. The van der Waals surface area contributed by atoms with Crippen LogP contribution in [0.4, 0.5) is 0 Å². The summed E-state index contributed by atoms with van der Waals surface area (Å²) in [5.74, 6) is -0.885. The van der Waals surface area contributed by atoms with Crippen LogP contribution in [-0.2, 0) is 112 Å². The molecule has 4 aromatic rings. The summed E-state index contributed by atoms with van der Waals surface area (Å²) in [7, 11) is -3.70. The fourth-order valence-corrected chi connectivity index (χ4v) is 8.65. The number of carbonyl (C=O) groups is 5. The highest BCUT2D eigenvalue weighted by Gasteiger charge is 2.20. The quantitative estimate of drug-likeness (QED) is 0.0449. The van der Waals surface area contributed by atoms with Crippen molar-refractivity contribution in [2.45, 2.75) is 96.4 Å². The Balaban J connectivity index is 0.933. The molecule has 0 aliphatic rings. The van der Waals surface area contributed by atoms with Crippen LogP contribution in [0.5, 0.6) is 0 Å². The number of hydrogen-bond acceptors (Lipinski definition) is 26. The molecular weight excluding hydrogens is 1280 g/mol. The molecule has 0 spiro atoms. The lowest BCUT2D eigenvalue weighted by Gasteiger charge is -2.23. The van der Waals surface area contributed by atoms with Crippen molar-refractivity contribution >= 4 is 39.4 Å². The first-order valence-electron chi connectivity index (χ1n) is 33.1. The molecule has 4 N–H and O–H groups in total. The largest absolute Gasteiger partial charge is 0.408 e. The van der Waals surface area contributed by atoms with Crippen LogP contribution in [0.15, 0.2) is 46.3 Å². The maximum absolute atomic E-state index is 13.7. The number of amides is 5. The smallest absolute Gasteiger partial charge is 0.335 e. The first-order valence-corrected chi connectivity index (χ1v) is 34.9. The minimum Gasteiger partial charge on any atom is -0.408 e. The number of carbonyl (C=O) groups excluding carboxylic acids is 5. The minimum atomic E-state index is -3.70. The van der Waals surface area contributed by atoms with Crippen molar-refractivity contribution < 1.29 is 93.6 Å². The van der Waals surface area contributed by atoms with Crippen molar-refractivity contribution in [2.75, 3.05) is 204 Å². The number of rotatable bonds is 63. The predicted molar refractivity (Wildman–Crippen MR) is 346 cm³/mol. The van der Waals surface area contributed by atoms with E-state index in [0.717, 1.165) is 56.2 Å². The van der Waals surface area contributed by atoms with Crippen molar-refractivity contribution in [1.29, 1.82) is 0 Å². The number of aromatic nitrogens is 8. The Hall–Kier alpha value is -6.54. The Labute approximate surface area is 562 Å². The Morgan fingerprint density at radius 1 is 0.438 bits per heavy atom. The summed E-state index contributed by atoms with van der Waals surface area (Å²) in [5, 5.41) is 34.5. The van der Waals surface area contributed by atoms with Crippen molar-refractivity contribution in [3.63, 3.8) is 0 Å². The molecule has 96 heavy (non-hydrogen) atoms. The van der Waals surface area contributed by atoms with Gasteiger partial charge in [-0.2, -0.15) is 0 Å². The zero-order chi connectivity index (χ0) is 68.8. The van der Waals surface area contributed by atoms with Crippen LogP contribution in [0, 0.1) is 0 Å². The van der Waals surface area contributed by atoms with E-state index >= 15 is 0 Å². The Kier molecular flexibility index (Phi) is 45.6. The van der Waals surface area contributed by atoms with Crippen LogP contribution in [0.1, 0.15) is 87.0 Å². The van der Waals surface area contributed by atoms with Crippen LogP contribution in [0.25, 0.3) is 11.5 Å². The first kappa shape index (κ1) is 81.9. The van der Waals surface area contributed by atoms with E-state index in [9.17, 15) is 32.4 Å². The maximum Gasteiger partial charge on any atom is 0.335 e. The molecule has 5 amide bonds. The summed E-state index contributed by atoms with van der Waals surface area (Å²) >= 11 is 0. The van der Waals surface area contributed by atoms with Crippen molar-refractivity contribution in [1.82, 2.24) is 66.4 Å². The summed E-state index contributed by atoms with van der Waals surface area (Å²) < 4.78 is 99.5. The van der Waals surface area contributed by atoms with Gasteiger partial charge in [0.05, 0.1) is 183 Å². The lowest BCUT2D eigenvalue weighted by Crippen LogP contribution is -2.37. The molecule has 0 bridgehead atoms. The molecular formula is C62H103N13O20S. The molecule has 0 fully saturated rings. The van der Waals surface area contributed by atoms with Crippen LogP contribution in [0.2, 0.25) is 0 Å². The van der Waals surface area contributed by atoms with E-state index in [0.29, 0.717) is 169 Å². The van der Waals surface area contributed by atoms with Gasteiger partial charge in [-0.05, 0) is 49.9 Å². The molecule has 34 heteroatoms. The second-order valence-electron chi connectivity index (χ2n) is 21.4. The van der Waals surface area contributed by atoms with Gasteiger partial charge in [-0.15, -0.1) is 15.3 Å². The van der Waals surface area contributed by atoms with E-state index in [1.54, 1.807) is 38.5 Å². The van der Waals surface area contributed by atoms with Crippen molar-refractivity contribution in [3.05, 3.63) is 53.6 Å². The molecule has 0 unspecified atom stereocenters. The summed E-state index contributed by atoms with van der Waals surface area (Å²) in [6.45, 7) is 14.6. The molecule has 3 heterocycles. The monoisotopic (exact) mass is 1380 g/mol. The average Bonchev–Trinajstić information content (AvgIpc) is 1.83. The molecule has 0 radical (unpaired) electrons. The number of hydrogen-bond donors (Lipinski definition) is 4. The number of unbranched alkanes of at least 4 members (excludes halogenated alkanes) is 2. The molecule has 33 nitrogen and oxygen atoms in total. The normalized spacial score (nSPS) is 11.5. The zero-order valence-corrected chi connectivity index (χ0v) is 57.1. The third kappa shape index (κ3) is 40.9. The summed E-state index contributed by atoms with van der Waals surface area (Å²) in [4.78, 5) is 63.7. The SMILES string of the molecule is CCCCc1cn(CCOCCC(=O)NCCOCCNC(=O)CCOCCOCCOCCOCCN(CCOCCOCCOCCOCCC(=O)NCCOCCNC(=O)CCOCCn2cc(CCCC)nn2)C(=O)c2ccc(-c3nnc(S(C)(=O)=O)o3)cc2)nn1. The zero-order valence-electron chi connectivity index (χ0n) is 56.3. The standard InChI is InChI=1S/C62H103N13O20S/c1-4-6-8-54-50-74(71-67-54)24-36-83-26-14-56(76)63-18-30-87-32-20-65-58(78)16-28-85-38-42-91-46-48-93-44-40-89-34-22-73(61(80)53-12-10-52(11-13-53)60-69-70-62(95-60)96(3,81)82)23-35-90-41-45-94-49-47-92-43-39-86-29-17-59(79)66-21-33-88-31-19-64-57(77)15-27-84-37-25-75-51-55(68-72-75)9-7-5-2/h10-13,50-51H,4-9,14-49H2,1-3H3,(H,63,76)(H,64,77)(H,65,78)(H,66,79). The Bertz CT molecular complexity index is 2670. The molecule has 3 aromatic heterocycles. The molecule has 0 saturated heterocycles. The van der Waals surface area contributed by atoms with Gasteiger partial charge in [0, 0.05) is 94.7 Å². The van der Waals surface area contributed by atoms with Crippen molar-refractivity contribution in [3.8, 4) is 11.5 Å². The molecule has 1 aromatic carbocycles. The number of nitrogens with zero attached hydrogens (tertiary/aromatic N) is 9. The highest BCUT2D eigenvalue weighted by Crippen LogP contribution is 2.21. The van der Waals surface area contributed by atoms with Crippen LogP contribution >= 0.6 is 0 Å². The van der Waals surface area contributed by atoms with Gasteiger partial charge >= 0.3 is 5.22 Å². The highest BCUT2D eigenvalue weighted by molar-refractivity contribution is 7.90. The van der Waals surface area contributed by atoms with Crippen molar-refractivity contribution in [2.24, 2.45) is 0 Å². The first-order chi connectivity index (χ1) is 46.8. The molecule has 0 saturated carbocycles. The number of sulfone groups is 1. The van der Waals surface area contributed by atoms with Gasteiger partial charge in [-0.3, -0.25) is 24.0 Å². The van der Waals surface area contributed by atoms with E-state index in [2.05, 4.69) is 65.9 Å². The third-order valence-electron chi connectivity index (χ3n) is 13.5. The predicted octanol–water partition coefficient (Wildman–Crippen LogP) is 1.08. The van der Waals surface area contributed by atoms with Gasteiger partial charge in [0.25, 0.3) is 5.91 Å². The third-order valence-corrected chi connectivity index (χ3v) is 14.3. The molecule has 4 rings (SSSR count). The second-order valence-corrected chi connectivity index (χ2v) is 23.3. The van der Waals surface area contributed by atoms with Gasteiger partial charge < -0.3 is 87.4 Å². The van der Waals surface area contributed by atoms with E-state index in [1.807, 2.05) is 12.4 Å². The molecule has 0 aliphatic carbocycles. The number of benzene rings is 1. The molecule has 542 valence electrons. The summed E-state index contributed by atoms with van der Waals surface area (Å²) in [5.41, 5.74) is 2.74. The maximum atomic E-state index is 13.7. The average molecular weight is 1380 g/mol. The van der Waals surface area contributed by atoms with Gasteiger partial charge in [0.2, 0.25) is 39.4 Å². The second kappa shape index (κ2) is 53.5. The van der Waals surface area contributed by atoms with Gasteiger partial charge in [-0.1, -0.05) is 42.2 Å². The minimum absolute atomic E-state index is 0.00566. The fourth-order valence-electron chi connectivity index (χ4n) is 8.23. The van der Waals surface area contributed by atoms with Gasteiger partial charge in [0.1, 0.15) is 0 Å². The molecule has 0 atom stereocenters. The van der Waals surface area contributed by atoms with Crippen LogP contribution in [0.3, 0.4) is 0 Å². The van der Waals surface area contributed by atoms with E-state index in [-0.39, 0.29) is 114 Å².